The fourth-order valence-electron chi connectivity index (χ4n) is 4.24. The van der Waals surface area contributed by atoms with Gasteiger partial charge in [-0.15, -0.1) is 0 Å². The number of hydrogen-bond donors (Lipinski definition) is 1. The molecule has 9 heteroatoms. The number of piperazine rings is 1. The molecule has 1 aliphatic rings. The average Bonchev–Trinajstić information content (AvgIpc) is 3.29. The molecule has 4 aromatic rings. The van der Waals surface area contributed by atoms with Crippen LogP contribution in [0.3, 0.4) is 0 Å². The zero-order valence-corrected chi connectivity index (χ0v) is 18.2. The number of aryl methyl sites for hydroxylation is 2. The van der Waals surface area contributed by atoms with Crippen molar-refractivity contribution in [1.82, 2.24) is 33.9 Å². The van der Waals surface area contributed by atoms with Gasteiger partial charge in [-0.25, -0.2) is 9.97 Å². The summed E-state index contributed by atoms with van der Waals surface area (Å²) in [6.45, 7) is 4.97. The number of anilines is 1. The Labute approximate surface area is 180 Å². The Morgan fingerprint density at radius 2 is 2.00 bits per heavy atom. The van der Waals surface area contributed by atoms with Gasteiger partial charge in [-0.2, -0.15) is 5.10 Å². The summed E-state index contributed by atoms with van der Waals surface area (Å²) in [5.74, 6) is 0.276. The van der Waals surface area contributed by atoms with Crippen LogP contribution in [-0.4, -0.2) is 73.6 Å². The molecule has 4 heterocycles. The van der Waals surface area contributed by atoms with Crippen molar-refractivity contribution in [2.45, 2.75) is 13.0 Å². The lowest BCUT2D eigenvalue weighted by Gasteiger charge is -2.36. The SMILES string of the molecule is Cc1nn(C)c2cc(C(=O)Nc3cn4cc(C5CN(C)CCN5C)nc4cn3)ccc12. The number of hydrogen-bond acceptors (Lipinski definition) is 6. The smallest absolute Gasteiger partial charge is 0.256 e. The van der Waals surface area contributed by atoms with E-state index in [4.69, 9.17) is 4.98 Å². The van der Waals surface area contributed by atoms with Crippen LogP contribution in [0.5, 0.6) is 0 Å². The molecule has 0 bridgehead atoms. The van der Waals surface area contributed by atoms with Gasteiger partial charge >= 0.3 is 0 Å². The number of nitrogens with zero attached hydrogens (tertiary/aromatic N) is 7. The van der Waals surface area contributed by atoms with Crippen LogP contribution in [-0.2, 0) is 7.05 Å². The van der Waals surface area contributed by atoms with E-state index in [9.17, 15) is 4.79 Å². The second kappa shape index (κ2) is 7.44. The van der Waals surface area contributed by atoms with Crippen molar-refractivity contribution in [3.05, 3.63) is 53.7 Å². The Morgan fingerprint density at radius 1 is 1.16 bits per heavy atom. The minimum Gasteiger partial charge on any atom is -0.305 e. The van der Waals surface area contributed by atoms with Crippen molar-refractivity contribution in [2.24, 2.45) is 7.05 Å². The van der Waals surface area contributed by atoms with Gasteiger partial charge < -0.3 is 14.6 Å². The molecule has 0 saturated carbocycles. The monoisotopic (exact) mass is 418 g/mol. The highest BCUT2D eigenvalue weighted by Crippen LogP contribution is 2.24. The summed E-state index contributed by atoms with van der Waals surface area (Å²) in [5.41, 5.74) is 4.21. The maximum atomic E-state index is 12.8. The first-order chi connectivity index (χ1) is 14.9. The first-order valence-corrected chi connectivity index (χ1v) is 10.4. The van der Waals surface area contributed by atoms with Gasteiger partial charge in [0.2, 0.25) is 0 Å². The van der Waals surface area contributed by atoms with Gasteiger partial charge in [-0.1, -0.05) is 6.07 Å². The molecule has 0 aliphatic carbocycles. The van der Waals surface area contributed by atoms with Gasteiger partial charge in [0, 0.05) is 43.8 Å². The third-order valence-corrected chi connectivity index (χ3v) is 6.09. The summed E-state index contributed by atoms with van der Waals surface area (Å²) in [6, 6.07) is 5.85. The van der Waals surface area contributed by atoms with Gasteiger partial charge in [0.25, 0.3) is 5.91 Å². The lowest BCUT2D eigenvalue weighted by Crippen LogP contribution is -2.44. The van der Waals surface area contributed by atoms with E-state index in [0.717, 1.165) is 47.6 Å². The minimum atomic E-state index is -0.207. The van der Waals surface area contributed by atoms with E-state index in [1.165, 1.54) is 0 Å². The van der Waals surface area contributed by atoms with Gasteiger partial charge in [-0.05, 0) is 33.2 Å². The summed E-state index contributed by atoms with van der Waals surface area (Å²) in [4.78, 5) is 26.6. The molecule has 31 heavy (non-hydrogen) atoms. The van der Waals surface area contributed by atoms with E-state index < -0.39 is 0 Å². The van der Waals surface area contributed by atoms with Crippen LogP contribution in [0.4, 0.5) is 5.82 Å². The Hall–Kier alpha value is -3.30. The van der Waals surface area contributed by atoms with Crippen molar-refractivity contribution in [2.75, 3.05) is 39.0 Å². The number of aromatic nitrogens is 5. The molecule has 3 aromatic heterocycles. The third-order valence-electron chi connectivity index (χ3n) is 6.09. The zero-order chi connectivity index (χ0) is 21.7. The van der Waals surface area contributed by atoms with Crippen LogP contribution >= 0.6 is 0 Å². The van der Waals surface area contributed by atoms with Crippen LogP contribution in [0, 0.1) is 6.92 Å². The molecular formula is C22H26N8O. The first-order valence-electron chi connectivity index (χ1n) is 10.4. The van der Waals surface area contributed by atoms with Crippen LogP contribution in [0.25, 0.3) is 16.6 Å². The quantitative estimate of drug-likeness (QED) is 0.549. The highest BCUT2D eigenvalue weighted by Gasteiger charge is 2.26. The number of likely N-dealkylation sites (N-methyl/N-ethyl adjacent to an activating group) is 2. The highest BCUT2D eigenvalue weighted by atomic mass is 16.1. The lowest BCUT2D eigenvalue weighted by molar-refractivity contribution is 0.102. The number of nitrogens with one attached hydrogen (secondary N) is 1. The summed E-state index contributed by atoms with van der Waals surface area (Å²) in [7, 11) is 6.14. The van der Waals surface area contributed by atoms with Crippen molar-refractivity contribution in [3.8, 4) is 0 Å². The minimum absolute atomic E-state index is 0.207. The zero-order valence-electron chi connectivity index (χ0n) is 18.2. The summed E-state index contributed by atoms with van der Waals surface area (Å²) in [6.07, 6.45) is 5.53. The standard InChI is InChI=1S/C22H26N8O/c1-14-16-6-5-15(9-18(16)29(4)26-14)22(31)25-20-13-30-11-17(24-21(30)10-23-20)19-12-27(2)7-8-28(19)3/h5-6,9-11,13,19H,7-8,12H2,1-4H3,(H,25,31). The van der Waals surface area contributed by atoms with Gasteiger partial charge in [0.1, 0.15) is 5.82 Å². The average molecular weight is 419 g/mol. The number of carbonyl (C=O) groups is 1. The van der Waals surface area contributed by atoms with Crippen molar-refractivity contribution >= 4 is 28.3 Å². The fourth-order valence-corrected chi connectivity index (χ4v) is 4.24. The Bertz CT molecular complexity index is 1290. The summed E-state index contributed by atoms with van der Waals surface area (Å²) in [5, 5.41) is 8.36. The highest BCUT2D eigenvalue weighted by molar-refractivity contribution is 6.05. The molecular weight excluding hydrogens is 392 g/mol. The molecule has 0 spiro atoms. The van der Waals surface area contributed by atoms with Gasteiger partial charge in [0.15, 0.2) is 5.65 Å². The lowest BCUT2D eigenvalue weighted by atomic mass is 10.1. The van der Waals surface area contributed by atoms with Crippen LogP contribution in [0.15, 0.2) is 36.8 Å². The number of imidazole rings is 1. The molecule has 1 aliphatic heterocycles. The Balaban J connectivity index is 1.39. The summed E-state index contributed by atoms with van der Waals surface area (Å²) >= 11 is 0. The molecule has 9 nitrogen and oxygen atoms in total. The molecule has 1 saturated heterocycles. The van der Waals surface area contributed by atoms with Crippen molar-refractivity contribution in [1.29, 1.82) is 0 Å². The van der Waals surface area contributed by atoms with Gasteiger partial charge in [0.05, 0.1) is 35.3 Å². The molecule has 160 valence electrons. The van der Waals surface area contributed by atoms with Crippen LogP contribution < -0.4 is 5.32 Å². The number of benzene rings is 1. The Morgan fingerprint density at radius 3 is 2.84 bits per heavy atom. The molecule has 5 rings (SSSR count). The third kappa shape index (κ3) is 3.55. The molecule has 1 aromatic carbocycles. The molecule has 1 atom stereocenters. The number of fused-ring (bicyclic) bond motifs is 2. The number of amides is 1. The van der Waals surface area contributed by atoms with E-state index >= 15 is 0 Å². The first kappa shape index (κ1) is 19.7. The fraction of sp³-hybridized carbons (Fsp3) is 0.364. The predicted octanol–water partition coefficient (Wildman–Crippen LogP) is 2.10. The maximum Gasteiger partial charge on any atom is 0.256 e. The van der Waals surface area contributed by atoms with E-state index in [1.807, 2.05) is 49.0 Å². The number of rotatable bonds is 3. The largest absolute Gasteiger partial charge is 0.305 e. The molecule has 1 fully saturated rings. The van der Waals surface area contributed by atoms with Gasteiger partial charge in [-0.3, -0.25) is 14.4 Å². The van der Waals surface area contributed by atoms with E-state index in [2.05, 4.69) is 39.3 Å². The Kier molecular flexibility index (Phi) is 4.71. The topological polar surface area (TPSA) is 83.6 Å². The summed E-state index contributed by atoms with van der Waals surface area (Å²) < 4.78 is 3.71. The molecule has 0 radical (unpaired) electrons. The van der Waals surface area contributed by atoms with E-state index in [1.54, 1.807) is 10.9 Å². The molecule has 1 amide bonds. The van der Waals surface area contributed by atoms with Crippen molar-refractivity contribution in [3.63, 3.8) is 0 Å². The van der Waals surface area contributed by atoms with Crippen LogP contribution in [0.2, 0.25) is 0 Å². The normalized spacial score (nSPS) is 18.1. The molecule has 1 unspecified atom stereocenters. The van der Waals surface area contributed by atoms with Crippen LogP contribution in [0.1, 0.15) is 27.8 Å². The van der Waals surface area contributed by atoms with Crippen molar-refractivity contribution < 1.29 is 4.79 Å². The van der Waals surface area contributed by atoms with E-state index in [0.29, 0.717) is 11.4 Å². The predicted molar refractivity (Wildman–Crippen MR) is 119 cm³/mol. The maximum absolute atomic E-state index is 12.8. The second-order valence-electron chi connectivity index (χ2n) is 8.36. The second-order valence-corrected chi connectivity index (χ2v) is 8.36. The van der Waals surface area contributed by atoms with E-state index in [-0.39, 0.29) is 11.9 Å². The molecule has 1 N–H and O–H groups in total. The number of carbonyl (C=O) groups excluding carboxylic acids is 1.